The molecule has 6 heteroatoms. The Kier molecular flexibility index (Phi) is 2.89. The number of hydrogen-bond donors (Lipinski definition) is 0. The quantitative estimate of drug-likeness (QED) is 0.597. The predicted molar refractivity (Wildman–Crippen MR) is 58.5 cm³/mol. The molecule has 1 heterocycles. The van der Waals surface area contributed by atoms with E-state index in [9.17, 15) is 13.2 Å². The lowest BCUT2D eigenvalue weighted by Crippen LogP contribution is -2.10. The summed E-state index contributed by atoms with van der Waals surface area (Å²) in [5.41, 5.74) is 0.934. The van der Waals surface area contributed by atoms with Crippen molar-refractivity contribution in [3.05, 3.63) is 41.7 Å². The number of carbonyl (C=O) groups is 1. The highest BCUT2D eigenvalue weighted by atomic mass is 32.2. The second-order valence-electron chi connectivity index (χ2n) is 3.52. The molecule has 0 bridgehead atoms. The first-order chi connectivity index (χ1) is 7.99. The summed E-state index contributed by atoms with van der Waals surface area (Å²) < 4.78 is 32.8. The van der Waals surface area contributed by atoms with Crippen LogP contribution < -0.4 is 0 Å². The molecule has 1 aliphatic heterocycles. The third kappa shape index (κ3) is 2.47. The zero-order valence-electron chi connectivity index (χ0n) is 9.04. The van der Waals surface area contributed by atoms with Crippen LogP contribution in [-0.4, -0.2) is 21.0 Å². The maximum absolute atomic E-state index is 11.8. The van der Waals surface area contributed by atoms with E-state index in [2.05, 4.69) is 4.74 Å². The summed E-state index contributed by atoms with van der Waals surface area (Å²) in [6, 6.07) is 6.15. The average Bonchev–Trinajstić information content (AvgIpc) is 2.64. The van der Waals surface area contributed by atoms with Crippen molar-refractivity contribution in [1.82, 2.24) is 0 Å². The number of benzene rings is 1. The standard InChI is InChI=1S/C11H10O5S/c1-8-2-4-9(5-3-8)17(13,14)16-10-6-7-15-11(10)12/h2-6H,7H2,1H3. The van der Waals surface area contributed by atoms with Crippen molar-refractivity contribution < 1.29 is 22.1 Å². The lowest BCUT2D eigenvalue weighted by Gasteiger charge is -2.05. The largest absolute Gasteiger partial charge is 0.455 e. The lowest BCUT2D eigenvalue weighted by molar-refractivity contribution is -0.137. The molecule has 1 aromatic rings. The van der Waals surface area contributed by atoms with Crippen LogP contribution in [0.1, 0.15) is 5.56 Å². The van der Waals surface area contributed by atoms with Gasteiger partial charge < -0.3 is 8.92 Å². The van der Waals surface area contributed by atoms with Gasteiger partial charge in [0.15, 0.2) is 0 Å². The highest BCUT2D eigenvalue weighted by molar-refractivity contribution is 7.86. The fourth-order valence-corrected chi connectivity index (χ4v) is 2.22. The summed E-state index contributed by atoms with van der Waals surface area (Å²) in [6.07, 6.45) is 1.29. The summed E-state index contributed by atoms with van der Waals surface area (Å²) in [5.74, 6) is -1.05. The summed E-state index contributed by atoms with van der Waals surface area (Å²) in [5, 5.41) is 0. The summed E-state index contributed by atoms with van der Waals surface area (Å²) >= 11 is 0. The van der Waals surface area contributed by atoms with E-state index in [-0.39, 0.29) is 17.3 Å². The first kappa shape index (κ1) is 11.7. The molecule has 1 aromatic carbocycles. The van der Waals surface area contributed by atoms with Crippen LogP contribution in [0, 0.1) is 6.92 Å². The van der Waals surface area contributed by atoms with Crippen molar-refractivity contribution in [3.63, 3.8) is 0 Å². The minimum absolute atomic E-state index is 0.00343. The van der Waals surface area contributed by atoms with Crippen molar-refractivity contribution >= 4 is 16.1 Å². The Bertz CT molecular complexity index is 568. The molecule has 0 aromatic heterocycles. The monoisotopic (exact) mass is 254 g/mol. The van der Waals surface area contributed by atoms with Crippen LogP contribution in [0.3, 0.4) is 0 Å². The Morgan fingerprint density at radius 2 is 1.88 bits per heavy atom. The van der Waals surface area contributed by atoms with E-state index >= 15 is 0 Å². The Morgan fingerprint density at radius 1 is 1.24 bits per heavy atom. The molecule has 5 nitrogen and oxygen atoms in total. The highest BCUT2D eigenvalue weighted by Crippen LogP contribution is 2.19. The van der Waals surface area contributed by atoms with Gasteiger partial charge in [0.1, 0.15) is 11.5 Å². The molecule has 0 spiro atoms. The summed E-state index contributed by atoms with van der Waals surface area (Å²) in [6.45, 7) is 1.88. The maximum Gasteiger partial charge on any atom is 0.375 e. The van der Waals surface area contributed by atoms with Gasteiger partial charge in [-0.05, 0) is 19.1 Å². The Morgan fingerprint density at radius 3 is 2.41 bits per heavy atom. The van der Waals surface area contributed by atoms with E-state index in [1.807, 2.05) is 6.92 Å². The predicted octanol–water partition coefficient (Wildman–Crippen LogP) is 1.14. The molecule has 2 rings (SSSR count). The third-order valence-corrected chi connectivity index (χ3v) is 3.44. The molecule has 17 heavy (non-hydrogen) atoms. The van der Waals surface area contributed by atoms with Gasteiger partial charge in [0, 0.05) is 6.08 Å². The zero-order chi connectivity index (χ0) is 12.5. The zero-order valence-corrected chi connectivity index (χ0v) is 9.86. The van der Waals surface area contributed by atoms with Crippen molar-refractivity contribution in [3.8, 4) is 0 Å². The second-order valence-corrected chi connectivity index (χ2v) is 5.06. The van der Waals surface area contributed by atoms with Crippen molar-refractivity contribution in [1.29, 1.82) is 0 Å². The smallest absolute Gasteiger partial charge is 0.375 e. The summed E-state index contributed by atoms with van der Waals surface area (Å²) in [7, 11) is -3.96. The first-order valence-corrected chi connectivity index (χ1v) is 6.28. The molecule has 0 unspecified atom stereocenters. The fourth-order valence-electron chi connectivity index (χ4n) is 1.29. The SMILES string of the molecule is Cc1ccc(S(=O)(=O)OC2=CCOC2=O)cc1. The number of esters is 1. The van der Waals surface area contributed by atoms with Gasteiger partial charge in [-0.15, -0.1) is 0 Å². The topological polar surface area (TPSA) is 69.7 Å². The van der Waals surface area contributed by atoms with Gasteiger partial charge in [-0.25, -0.2) is 4.79 Å². The van der Waals surface area contributed by atoms with Crippen molar-refractivity contribution in [2.75, 3.05) is 6.61 Å². The number of ether oxygens (including phenoxy) is 1. The van der Waals surface area contributed by atoms with Gasteiger partial charge in [-0.1, -0.05) is 17.7 Å². The summed E-state index contributed by atoms with van der Waals surface area (Å²) in [4.78, 5) is 11.1. The van der Waals surface area contributed by atoms with Crippen LogP contribution in [-0.2, 0) is 23.8 Å². The van der Waals surface area contributed by atoms with Crippen LogP contribution in [0.25, 0.3) is 0 Å². The fraction of sp³-hybridized carbons (Fsp3) is 0.182. The maximum atomic E-state index is 11.8. The number of rotatable bonds is 3. The molecule has 0 amide bonds. The van der Waals surface area contributed by atoms with Gasteiger partial charge in [0.25, 0.3) is 0 Å². The van der Waals surface area contributed by atoms with Crippen LogP contribution in [0.4, 0.5) is 0 Å². The highest BCUT2D eigenvalue weighted by Gasteiger charge is 2.26. The molecular weight excluding hydrogens is 244 g/mol. The molecule has 0 radical (unpaired) electrons. The van der Waals surface area contributed by atoms with E-state index in [4.69, 9.17) is 4.18 Å². The minimum Gasteiger partial charge on any atom is -0.455 e. The molecule has 1 aliphatic rings. The first-order valence-electron chi connectivity index (χ1n) is 4.87. The molecule has 0 fully saturated rings. The number of hydrogen-bond acceptors (Lipinski definition) is 5. The van der Waals surface area contributed by atoms with Gasteiger partial charge >= 0.3 is 16.1 Å². The second kappa shape index (κ2) is 4.21. The van der Waals surface area contributed by atoms with Crippen LogP contribution in [0.5, 0.6) is 0 Å². The van der Waals surface area contributed by atoms with Crippen molar-refractivity contribution in [2.24, 2.45) is 0 Å². The third-order valence-electron chi connectivity index (χ3n) is 2.19. The Labute approximate surface area is 98.8 Å². The Hall–Kier alpha value is -1.82. The van der Waals surface area contributed by atoms with E-state index < -0.39 is 16.1 Å². The molecule has 0 N–H and O–H groups in total. The van der Waals surface area contributed by atoms with E-state index in [0.717, 1.165) is 5.56 Å². The number of aryl methyl sites for hydroxylation is 1. The minimum atomic E-state index is -3.96. The normalized spacial score (nSPS) is 15.4. The van der Waals surface area contributed by atoms with Gasteiger partial charge in [0.05, 0.1) is 0 Å². The molecular formula is C11H10O5S. The number of carbonyl (C=O) groups excluding carboxylic acids is 1. The van der Waals surface area contributed by atoms with Crippen molar-refractivity contribution in [2.45, 2.75) is 11.8 Å². The Balaban J connectivity index is 2.25. The van der Waals surface area contributed by atoms with Crippen LogP contribution >= 0.6 is 0 Å². The molecule has 90 valence electrons. The molecule has 0 aliphatic carbocycles. The molecule has 0 atom stereocenters. The van der Waals surface area contributed by atoms with Gasteiger partial charge in [0.2, 0.25) is 5.76 Å². The van der Waals surface area contributed by atoms with Crippen LogP contribution in [0.2, 0.25) is 0 Å². The van der Waals surface area contributed by atoms with Gasteiger partial charge in [-0.3, -0.25) is 0 Å². The average molecular weight is 254 g/mol. The number of cyclic esters (lactones) is 1. The molecule has 0 saturated heterocycles. The van der Waals surface area contributed by atoms with Crippen LogP contribution in [0.15, 0.2) is 41.0 Å². The van der Waals surface area contributed by atoms with Gasteiger partial charge in [-0.2, -0.15) is 8.42 Å². The van der Waals surface area contributed by atoms with E-state index in [0.29, 0.717) is 0 Å². The lowest BCUT2D eigenvalue weighted by atomic mass is 10.2. The van der Waals surface area contributed by atoms with E-state index in [1.165, 1.54) is 18.2 Å². The molecule has 0 saturated carbocycles. The van der Waals surface area contributed by atoms with E-state index in [1.54, 1.807) is 12.1 Å².